The number of hydrogen-bond donors (Lipinski definition) is 1. The van der Waals surface area contributed by atoms with Crippen LogP contribution in [0.5, 0.6) is 5.88 Å². The third-order valence-corrected chi connectivity index (χ3v) is 5.76. The number of aryl methyl sites for hydroxylation is 1. The number of aromatic nitrogens is 3. The van der Waals surface area contributed by atoms with Crippen molar-refractivity contribution in [3.63, 3.8) is 0 Å². The quantitative estimate of drug-likeness (QED) is 0.449. The van der Waals surface area contributed by atoms with E-state index in [9.17, 15) is 8.60 Å². The number of nitrogens with zero attached hydrogens (tertiary/aromatic N) is 3. The topological polar surface area (TPSA) is 77.0 Å². The molecule has 0 spiro atoms. The summed E-state index contributed by atoms with van der Waals surface area (Å²) in [5.41, 5.74) is 0.539. The number of benzene rings is 2. The molecule has 10 heteroatoms. The summed E-state index contributed by atoms with van der Waals surface area (Å²) in [7, 11) is -0.607. The molecule has 0 aliphatic heterocycles. The van der Waals surface area contributed by atoms with E-state index in [2.05, 4.69) is 19.7 Å². The van der Waals surface area contributed by atoms with Gasteiger partial charge in [0.2, 0.25) is 5.88 Å². The summed E-state index contributed by atoms with van der Waals surface area (Å²) in [6.45, 7) is 1.76. The van der Waals surface area contributed by atoms with Crippen LogP contribution in [0.1, 0.15) is 5.82 Å². The Bertz CT molecular complexity index is 1340. The molecule has 6 nitrogen and oxygen atoms in total. The van der Waals surface area contributed by atoms with Crippen molar-refractivity contribution >= 4 is 39.2 Å². The predicted octanol–water partition coefficient (Wildman–Crippen LogP) is 5.08. The molecule has 4 rings (SSSR count). The van der Waals surface area contributed by atoms with Gasteiger partial charge >= 0.3 is 0 Å². The monoisotopic (exact) mass is 460 g/mol. The lowest BCUT2D eigenvalue weighted by atomic mass is 10.0. The van der Waals surface area contributed by atoms with Gasteiger partial charge in [-0.3, -0.25) is 4.72 Å². The number of pyridine rings is 1. The Labute approximate surface area is 183 Å². The Kier molecular flexibility index (Phi) is 5.79. The van der Waals surface area contributed by atoms with E-state index in [1.807, 2.05) is 0 Å². The molecule has 0 aliphatic carbocycles. The summed E-state index contributed by atoms with van der Waals surface area (Å²) in [6, 6.07) is 8.50. The molecule has 2 heterocycles. The summed E-state index contributed by atoms with van der Waals surface area (Å²) >= 11 is 5.92. The lowest BCUT2D eigenvalue weighted by Gasteiger charge is -2.13. The van der Waals surface area contributed by atoms with Gasteiger partial charge in [0.05, 0.1) is 28.9 Å². The van der Waals surface area contributed by atoms with Crippen LogP contribution in [0.4, 0.5) is 14.5 Å². The minimum Gasteiger partial charge on any atom is -0.480 e. The SMILES string of the molecule is COc1ncc(Cl)cc1S(=O)Nc1ccc(F)c(-c2ccc3nc(C)ncc3c2)c1F. The van der Waals surface area contributed by atoms with Gasteiger partial charge in [-0.2, -0.15) is 0 Å². The fourth-order valence-corrected chi connectivity index (χ4v) is 4.25. The Morgan fingerprint density at radius 3 is 2.68 bits per heavy atom. The van der Waals surface area contributed by atoms with Gasteiger partial charge in [0.1, 0.15) is 16.5 Å². The minimum absolute atomic E-state index is 0.0720. The molecule has 0 saturated heterocycles. The van der Waals surface area contributed by atoms with Gasteiger partial charge in [-0.05, 0) is 42.8 Å². The molecule has 1 N–H and O–H groups in total. The van der Waals surface area contributed by atoms with Gasteiger partial charge in [0.15, 0.2) is 16.8 Å². The first-order valence-electron chi connectivity index (χ1n) is 8.97. The molecule has 0 fully saturated rings. The van der Waals surface area contributed by atoms with Crippen LogP contribution < -0.4 is 9.46 Å². The first kappa shape index (κ1) is 21.1. The number of ether oxygens (including phenoxy) is 1. The lowest BCUT2D eigenvalue weighted by Crippen LogP contribution is -2.09. The van der Waals surface area contributed by atoms with Crippen LogP contribution in [-0.2, 0) is 11.0 Å². The molecule has 0 amide bonds. The molecule has 31 heavy (non-hydrogen) atoms. The van der Waals surface area contributed by atoms with Gasteiger partial charge in [-0.15, -0.1) is 0 Å². The zero-order valence-electron chi connectivity index (χ0n) is 16.3. The highest BCUT2D eigenvalue weighted by Gasteiger charge is 2.20. The van der Waals surface area contributed by atoms with Crippen LogP contribution in [0.2, 0.25) is 5.02 Å². The zero-order valence-corrected chi connectivity index (χ0v) is 17.9. The average Bonchev–Trinajstić information content (AvgIpc) is 2.75. The van der Waals surface area contributed by atoms with E-state index in [0.717, 1.165) is 6.07 Å². The Hall–Kier alpha value is -3.17. The first-order chi connectivity index (χ1) is 14.9. The van der Waals surface area contributed by atoms with Crippen LogP contribution in [0.25, 0.3) is 22.0 Å². The number of methoxy groups -OCH3 is 1. The molecular formula is C21H15ClF2N4O2S. The molecule has 0 aliphatic rings. The van der Waals surface area contributed by atoms with Gasteiger partial charge in [0, 0.05) is 17.8 Å². The van der Waals surface area contributed by atoms with Crippen molar-refractivity contribution in [2.75, 3.05) is 11.8 Å². The van der Waals surface area contributed by atoms with Crippen molar-refractivity contribution in [1.29, 1.82) is 0 Å². The van der Waals surface area contributed by atoms with Gasteiger partial charge < -0.3 is 4.74 Å². The second kappa shape index (κ2) is 8.52. The standard InChI is InChI=1S/C21H15ClF2N4O2S/c1-11-25-9-13-7-12(3-5-16(13)27-11)19-15(23)4-6-17(20(19)24)28-31(29)18-8-14(22)10-26-21(18)30-2/h3-10,28H,1-2H3. The van der Waals surface area contributed by atoms with Crippen molar-refractivity contribution in [3.05, 3.63) is 71.3 Å². The highest BCUT2D eigenvalue weighted by atomic mass is 35.5. The Morgan fingerprint density at radius 1 is 1.10 bits per heavy atom. The second-order valence-electron chi connectivity index (χ2n) is 6.51. The summed E-state index contributed by atoms with van der Waals surface area (Å²) in [5, 5.41) is 0.874. The number of fused-ring (bicyclic) bond motifs is 1. The predicted molar refractivity (Wildman–Crippen MR) is 115 cm³/mol. The molecule has 2 aromatic carbocycles. The van der Waals surface area contributed by atoms with Crippen molar-refractivity contribution in [3.8, 4) is 17.0 Å². The highest BCUT2D eigenvalue weighted by molar-refractivity contribution is 7.86. The molecule has 0 bridgehead atoms. The number of nitrogens with one attached hydrogen (secondary N) is 1. The maximum Gasteiger partial charge on any atom is 0.231 e. The molecule has 1 atom stereocenters. The van der Waals surface area contributed by atoms with E-state index in [-0.39, 0.29) is 27.0 Å². The molecule has 4 aromatic rings. The largest absolute Gasteiger partial charge is 0.480 e. The van der Waals surface area contributed by atoms with Crippen LogP contribution in [-0.4, -0.2) is 26.3 Å². The maximum atomic E-state index is 15.3. The van der Waals surface area contributed by atoms with Crippen LogP contribution in [0.15, 0.2) is 53.7 Å². The third-order valence-electron chi connectivity index (χ3n) is 4.46. The zero-order chi connectivity index (χ0) is 22.1. The third kappa shape index (κ3) is 4.19. The van der Waals surface area contributed by atoms with E-state index in [1.54, 1.807) is 31.3 Å². The number of anilines is 1. The molecule has 2 aromatic heterocycles. The summed E-state index contributed by atoms with van der Waals surface area (Å²) in [5.74, 6) is -0.988. The fourth-order valence-electron chi connectivity index (χ4n) is 3.03. The minimum atomic E-state index is -1.97. The van der Waals surface area contributed by atoms with Crippen LogP contribution in [0.3, 0.4) is 0 Å². The molecule has 0 saturated carbocycles. The number of halogens is 3. The van der Waals surface area contributed by atoms with E-state index >= 15 is 4.39 Å². The molecule has 1 unspecified atom stereocenters. The molecule has 0 radical (unpaired) electrons. The van der Waals surface area contributed by atoms with Crippen molar-refractivity contribution in [2.45, 2.75) is 11.8 Å². The fraction of sp³-hybridized carbons (Fsp3) is 0.0952. The number of rotatable bonds is 5. The second-order valence-corrected chi connectivity index (χ2v) is 8.12. The van der Waals surface area contributed by atoms with Crippen LogP contribution >= 0.6 is 11.6 Å². The van der Waals surface area contributed by atoms with Crippen molar-refractivity contribution < 1.29 is 17.7 Å². The molecule has 158 valence electrons. The Morgan fingerprint density at radius 2 is 1.90 bits per heavy atom. The van der Waals surface area contributed by atoms with E-state index in [1.165, 1.54) is 25.4 Å². The summed E-state index contributed by atoms with van der Waals surface area (Å²) in [4.78, 5) is 12.5. The summed E-state index contributed by atoms with van der Waals surface area (Å²) in [6.07, 6.45) is 2.93. The highest BCUT2D eigenvalue weighted by Crippen LogP contribution is 2.33. The van der Waals surface area contributed by atoms with Gasteiger partial charge in [-0.1, -0.05) is 17.7 Å². The van der Waals surface area contributed by atoms with E-state index in [4.69, 9.17) is 16.3 Å². The van der Waals surface area contributed by atoms with Gasteiger partial charge in [0.25, 0.3) is 0 Å². The van der Waals surface area contributed by atoms with Crippen LogP contribution in [0, 0.1) is 18.6 Å². The number of hydrogen-bond acceptors (Lipinski definition) is 5. The molecular weight excluding hydrogens is 446 g/mol. The normalized spacial score (nSPS) is 12.0. The lowest BCUT2D eigenvalue weighted by molar-refractivity contribution is 0.386. The van der Waals surface area contributed by atoms with Crippen molar-refractivity contribution in [1.82, 2.24) is 15.0 Å². The average molecular weight is 461 g/mol. The van der Waals surface area contributed by atoms with E-state index < -0.39 is 22.6 Å². The van der Waals surface area contributed by atoms with Crippen molar-refractivity contribution in [2.24, 2.45) is 0 Å². The first-order valence-corrected chi connectivity index (χ1v) is 10.5. The smallest absolute Gasteiger partial charge is 0.231 e. The van der Waals surface area contributed by atoms with Gasteiger partial charge in [-0.25, -0.2) is 27.9 Å². The summed E-state index contributed by atoms with van der Waals surface area (Å²) < 4.78 is 50.3. The maximum absolute atomic E-state index is 15.3. The Balaban J connectivity index is 1.74. The van der Waals surface area contributed by atoms with E-state index in [0.29, 0.717) is 22.3 Å².